The summed E-state index contributed by atoms with van der Waals surface area (Å²) < 4.78 is 3.74. The van der Waals surface area contributed by atoms with Crippen molar-refractivity contribution >= 4 is 23.9 Å². The first-order chi connectivity index (χ1) is 20.7. The zero-order chi connectivity index (χ0) is 28.7. The molecular weight excluding hydrogens is 544 g/mol. The Kier molecular flexibility index (Phi) is 7.96. The molecule has 3 aromatic heterocycles. The van der Waals surface area contributed by atoms with Crippen LogP contribution in [0.25, 0.3) is 34.0 Å². The Hall–Kier alpha value is -5.35. The predicted molar refractivity (Wildman–Crippen MR) is 165 cm³/mol. The van der Waals surface area contributed by atoms with Gasteiger partial charge in [0.05, 0.1) is 17.7 Å². The van der Waals surface area contributed by atoms with Crippen molar-refractivity contribution < 1.29 is 4.79 Å². The number of pyridine rings is 1. The summed E-state index contributed by atoms with van der Waals surface area (Å²) in [6, 6.07) is 31.6. The molecule has 10 heteroatoms. The van der Waals surface area contributed by atoms with Gasteiger partial charge in [-0.15, -0.1) is 10.2 Å². The number of amides is 1. The van der Waals surface area contributed by atoms with Crippen LogP contribution < -0.4 is 5.43 Å². The van der Waals surface area contributed by atoms with Crippen LogP contribution in [0, 0.1) is 6.92 Å². The fraction of sp³-hybridized carbons (Fsp3) is 0.0625. The summed E-state index contributed by atoms with van der Waals surface area (Å²) in [7, 11) is 0. The SMILES string of the molecule is Cc1ccc(-c2nn(-c3ccccc3)cc2/C=N/NC(=O)CSc2nnc(-c3ccncc3)n2-c2ccccc2)cc1. The van der Waals surface area contributed by atoms with E-state index in [0.717, 1.165) is 39.3 Å². The Bertz CT molecular complexity index is 1820. The van der Waals surface area contributed by atoms with E-state index in [4.69, 9.17) is 5.10 Å². The number of para-hydroxylation sites is 2. The van der Waals surface area contributed by atoms with Gasteiger partial charge in [-0.3, -0.25) is 14.3 Å². The average molecular weight is 571 g/mol. The first kappa shape index (κ1) is 26.9. The van der Waals surface area contributed by atoms with Gasteiger partial charge in [-0.2, -0.15) is 10.2 Å². The van der Waals surface area contributed by atoms with E-state index in [1.807, 2.05) is 119 Å². The molecule has 0 aliphatic rings. The molecule has 0 saturated heterocycles. The van der Waals surface area contributed by atoms with Gasteiger partial charge in [-0.1, -0.05) is 78.0 Å². The second-order valence-electron chi connectivity index (χ2n) is 9.37. The third-order valence-corrected chi connectivity index (χ3v) is 7.33. The molecule has 6 aromatic rings. The van der Waals surface area contributed by atoms with E-state index in [9.17, 15) is 4.79 Å². The third-order valence-electron chi connectivity index (χ3n) is 6.40. The van der Waals surface area contributed by atoms with Crippen molar-refractivity contribution in [2.24, 2.45) is 5.10 Å². The second-order valence-corrected chi connectivity index (χ2v) is 10.3. The van der Waals surface area contributed by atoms with Crippen LogP contribution in [0.3, 0.4) is 0 Å². The van der Waals surface area contributed by atoms with Crippen molar-refractivity contribution in [1.29, 1.82) is 0 Å². The van der Waals surface area contributed by atoms with Crippen LogP contribution in [0.15, 0.2) is 126 Å². The highest BCUT2D eigenvalue weighted by atomic mass is 32.2. The Labute approximate surface area is 247 Å². The van der Waals surface area contributed by atoms with Crippen LogP contribution in [0.2, 0.25) is 0 Å². The molecule has 0 aliphatic heterocycles. The van der Waals surface area contributed by atoms with E-state index in [1.165, 1.54) is 11.8 Å². The zero-order valence-corrected chi connectivity index (χ0v) is 23.5. The van der Waals surface area contributed by atoms with E-state index >= 15 is 0 Å². The molecule has 206 valence electrons. The number of carbonyl (C=O) groups excluding carboxylic acids is 1. The number of carbonyl (C=O) groups is 1. The molecule has 42 heavy (non-hydrogen) atoms. The van der Waals surface area contributed by atoms with Crippen molar-refractivity contribution in [3.8, 4) is 34.0 Å². The lowest BCUT2D eigenvalue weighted by Gasteiger charge is -2.10. The minimum absolute atomic E-state index is 0.104. The average Bonchev–Trinajstić information content (AvgIpc) is 3.67. The summed E-state index contributed by atoms with van der Waals surface area (Å²) in [6.07, 6.45) is 6.95. The lowest BCUT2D eigenvalue weighted by Crippen LogP contribution is -2.20. The Morgan fingerprint density at radius 1 is 0.857 bits per heavy atom. The summed E-state index contributed by atoms with van der Waals surface area (Å²) in [5, 5.41) is 18.4. The normalized spacial score (nSPS) is 11.2. The molecule has 0 fully saturated rings. The molecule has 0 bridgehead atoms. The van der Waals surface area contributed by atoms with E-state index in [2.05, 4.69) is 25.7 Å². The number of rotatable bonds is 9. The monoisotopic (exact) mass is 570 g/mol. The highest BCUT2D eigenvalue weighted by Gasteiger charge is 2.17. The number of nitrogens with zero attached hydrogens (tertiary/aromatic N) is 7. The maximum Gasteiger partial charge on any atom is 0.250 e. The van der Waals surface area contributed by atoms with E-state index in [0.29, 0.717) is 11.0 Å². The Morgan fingerprint density at radius 3 is 2.26 bits per heavy atom. The molecule has 1 amide bonds. The predicted octanol–water partition coefficient (Wildman–Crippen LogP) is 5.73. The first-order valence-corrected chi connectivity index (χ1v) is 14.2. The van der Waals surface area contributed by atoms with Crippen molar-refractivity contribution in [2.45, 2.75) is 12.1 Å². The van der Waals surface area contributed by atoms with Crippen molar-refractivity contribution in [3.63, 3.8) is 0 Å². The van der Waals surface area contributed by atoms with Gasteiger partial charge in [0.1, 0.15) is 5.69 Å². The minimum Gasteiger partial charge on any atom is -0.272 e. The fourth-order valence-electron chi connectivity index (χ4n) is 4.33. The van der Waals surface area contributed by atoms with Crippen LogP contribution >= 0.6 is 11.8 Å². The van der Waals surface area contributed by atoms with Gasteiger partial charge >= 0.3 is 0 Å². The number of benzene rings is 3. The van der Waals surface area contributed by atoms with Gasteiger partial charge in [0, 0.05) is 41.0 Å². The van der Waals surface area contributed by atoms with Crippen molar-refractivity contribution in [2.75, 3.05) is 5.75 Å². The van der Waals surface area contributed by atoms with E-state index in [1.54, 1.807) is 18.6 Å². The fourth-order valence-corrected chi connectivity index (χ4v) is 5.07. The topological polar surface area (TPSA) is 103 Å². The van der Waals surface area contributed by atoms with Gasteiger partial charge in [0.15, 0.2) is 11.0 Å². The largest absolute Gasteiger partial charge is 0.272 e. The van der Waals surface area contributed by atoms with Gasteiger partial charge < -0.3 is 0 Å². The molecule has 0 atom stereocenters. The summed E-state index contributed by atoms with van der Waals surface area (Å²) in [4.78, 5) is 16.9. The summed E-state index contributed by atoms with van der Waals surface area (Å²) >= 11 is 1.29. The number of thioether (sulfide) groups is 1. The van der Waals surface area contributed by atoms with Crippen molar-refractivity contribution in [1.82, 2.24) is 35.0 Å². The lowest BCUT2D eigenvalue weighted by molar-refractivity contribution is -0.118. The number of hydrazone groups is 1. The van der Waals surface area contributed by atoms with E-state index < -0.39 is 0 Å². The van der Waals surface area contributed by atoms with Crippen LogP contribution in [0.5, 0.6) is 0 Å². The highest BCUT2D eigenvalue weighted by molar-refractivity contribution is 7.99. The van der Waals surface area contributed by atoms with Crippen LogP contribution in [0.4, 0.5) is 0 Å². The molecule has 1 N–H and O–H groups in total. The minimum atomic E-state index is -0.267. The molecule has 3 heterocycles. The molecule has 9 nitrogen and oxygen atoms in total. The Morgan fingerprint density at radius 2 is 1.55 bits per heavy atom. The van der Waals surface area contributed by atoms with Crippen LogP contribution in [-0.2, 0) is 4.79 Å². The molecule has 0 spiro atoms. The molecule has 0 unspecified atom stereocenters. The van der Waals surface area contributed by atoms with E-state index in [-0.39, 0.29) is 11.7 Å². The molecule has 6 rings (SSSR count). The van der Waals surface area contributed by atoms with Crippen molar-refractivity contribution in [3.05, 3.63) is 127 Å². The molecular formula is C32H26N8OS. The molecule has 3 aromatic carbocycles. The number of hydrogen-bond acceptors (Lipinski definition) is 7. The molecule has 0 aliphatic carbocycles. The second kappa shape index (κ2) is 12.4. The van der Waals surface area contributed by atoms with Crippen LogP contribution in [-0.4, -0.2) is 47.4 Å². The summed E-state index contributed by atoms with van der Waals surface area (Å²) in [5.41, 5.74) is 9.02. The van der Waals surface area contributed by atoms with Crippen LogP contribution in [0.1, 0.15) is 11.1 Å². The van der Waals surface area contributed by atoms with Gasteiger partial charge in [0.25, 0.3) is 5.91 Å². The highest BCUT2D eigenvalue weighted by Crippen LogP contribution is 2.28. The number of aryl methyl sites for hydroxylation is 1. The zero-order valence-electron chi connectivity index (χ0n) is 22.7. The number of aromatic nitrogens is 6. The molecule has 0 radical (unpaired) electrons. The standard InChI is InChI=1S/C32H26N8OS/c1-23-12-14-24(15-13-23)30-26(21-39(38-30)27-8-4-2-5-9-27)20-34-35-29(41)22-42-32-37-36-31(25-16-18-33-19-17-25)40(32)28-10-6-3-7-11-28/h2-21H,22H2,1H3,(H,35,41)/b34-20+. The number of nitrogens with one attached hydrogen (secondary N) is 1. The molecule has 0 saturated carbocycles. The first-order valence-electron chi connectivity index (χ1n) is 13.2. The summed E-state index contributed by atoms with van der Waals surface area (Å²) in [6.45, 7) is 2.05. The maximum atomic E-state index is 12.8. The van der Waals surface area contributed by atoms with Gasteiger partial charge in [-0.05, 0) is 43.3 Å². The third kappa shape index (κ3) is 6.03. The number of hydrogen-bond donors (Lipinski definition) is 1. The quantitative estimate of drug-likeness (QED) is 0.135. The Balaban J connectivity index is 1.19. The summed E-state index contributed by atoms with van der Waals surface area (Å²) in [5.74, 6) is 0.507. The lowest BCUT2D eigenvalue weighted by atomic mass is 10.1. The van der Waals surface area contributed by atoms with Gasteiger partial charge in [0.2, 0.25) is 0 Å². The smallest absolute Gasteiger partial charge is 0.250 e. The maximum absolute atomic E-state index is 12.8. The van der Waals surface area contributed by atoms with Gasteiger partial charge in [-0.25, -0.2) is 10.1 Å².